The Morgan fingerprint density at radius 2 is 2.03 bits per heavy atom. The lowest BCUT2D eigenvalue weighted by Gasteiger charge is -2.06. The van der Waals surface area contributed by atoms with Crippen molar-refractivity contribution in [3.63, 3.8) is 0 Å². The number of carbonyl (C=O) groups is 2. The van der Waals surface area contributed by atoms with Gasteiger partial charge < -0.3 is 14.8 Å². The molecule has 0 aliphatic rings. The standard InChI is InChI=1S/C17H16N6O6/c1-21-15(17(25)28-2)12(9-18-21)19-16(24)11-7-8-22(20-11)10-29-14-6-4-3-5-13(14)23(26)27/h3-9H,10H2,1-2H3,(H,19,24). The minimum Gasteiger partial charge on any atom is -0.464 e. The number of methoxy groups -OCH3 is 1. The fraction of sp³-hybridized carbons (Fsp3) is 0.176. The fourth-order valence-corrected chi connectivity index (χ4v) is 2.47. The molecule has 1 N–H and O–H groups in total. The summed E-state index contributed by atoms with van der Waals surface area (Å²) in [7, 11) is 2.76. The number of hydrogen-bond acceptors (Lipinski definition) is 8. The van der Waals surface area contributed by atoms with Crippen LogP contribution < -0.4 is 10.1 Å². The zero-order valence-corrected chi connectivity index (χ0v) is 15.4. The van der Waals surface area contributed by atoms with E-state index >= 15 is 0 Å². The second kappa shape index (κ2) is 8.21. The lowest BCUT2D eigenvalue weighted by molar-refractivity contribution is -0.386. The van der Waals surface area contributed by atoms with Crippen LogP contribution in [0.5, 0.6) is 5.75 Å². The van der Waals surface area contributed by atoms with Crippen LogP contribution in [0, 0.1) is 10.1 Å². The number of rotatable bonds is 7. The molecule has 0 atom stereocenters. The number of benzene rings is 1. The monoisotopic (exact) mass is 400 g/mol. The van der Waals surface area contributed by atoms with E-state index in [9.17, 15) is 19.7 Å². The number of aryl methyl sites for hydroxylation is 1. The highest BCUT2D eigenvalue weighted by Gasteiger charge is 2.21. The van der Waals surface area contributed by atoms with Gasteiger partial charge in [0.2, 0.25) is 0 Å². The summed E-state index contributed by atoms with van der Waals surface area (Å²) >= 11 is 0. The molecule has 3 aromatic rings. The quantitative estimate of drug-likeness (QED) is 0.358. The van der Waals surface area contributed by atoms with Gasteiger partial charge in [-0.05, 0) is 12.1 Å². The number of anilines is 1. The summed E-state index contributed by atoms with van der Waals surface area (Å²) in [5.74, 6) is -1.15. The number of esters is 1. The normalized spacial score (nSPS) is 10.4. The number of para-hydroxylation sites is 2. The predicted molar refractivity (Wildman–Crippen MR) is 98.5 cm³/mol. The van der Waals surface area contributed by atoms with Gasteiger partial charge in [-0.15, -0.1) is 0 Å². The third-order valence-corrected chi connectivity index (χ3v) is 3.85. The van der Waals surface area contributed by atoms with E-state index < -0.39 is 16.8 Å². The van der Waals surface area contributed by atoms with Crippen LogP contribution in [-0.2, 0) is 18.5 Å². The zero-order chi connectivity index (χ0) is 21.0. The van der Waals surface area contributed by atoms with Crippen LogP contribution in [0.3, 0.4) is 0 Å². The molecule has 29 heavy (non-hydrogen) atoms. The van der Waals surface area contributed by atoms with Crippen molar-refractivity contribution in [2.24, 2.45) is 7.05 Å². The Bertz CT molecular complexity index is 1070. The Hall–Kier alpha value is -4.22. The Kier molecular flexibility index (Phi) is 5.53. The van der Waals surface area contributed by atoms with Crippen molar-refractivity contribution in [3.8, 4) is 5.75 Å². The maximum atomic E-state index is 12.4. The molecule has 0 radical (unpaired) electrons. The van der Waals surface area contributed by atoms with E-state index in [-0.39, 0.29) is 35.2 Å². The SMILES string of the molecule is COC(=O)c1c(NC(=O)c2ccn(COc3ccccc3[N+](=O)[O-])n2)cnn1C. The topological polar surface area (TPSA) is 143 Å². The van der Waals surface area contributed by atoms with Gasteiger partial charge in [0.1, 0.15) is 0 Å². The number of nitrogens with one attached hydrogen (secondary N) is 1. The van der Waals surface area contributed by atoms with Crippen LogP contribution in [0.4, 0.5) is 11.4 Å². The molecule has 1 aromatic carbocycles. The number of ether oxygens (including phenoxy) is 2. The highest BCUT2D eigenvalue weighted by molar-refractivity contribution is 6.06. The third-order valence-electron chi connectivity index (χ3n) is 3.85. The average Bonchev–Trinajstić information content (AvgIpc) is 3.33. The van der Waals surface area contributed by atoms with Crippen LogP contribution in [0.15, 0.2) is 42.7 Å². The van der Waals surface area contributed by atoms with Crippen LogP contribution >= 0.6 is 0 Å². The first kappa shape index (κ1) is 19.5. The van der Waals surface area contributed by atoms with Crippen molar-refractivity contribution in [1.29, 1.82) is 0 Å². The molecule has 12 heteroatoms. The zero-order valence-electron chi connectivity index (χ0n) is 15.4. The van der Waals surface area contributed by atoms with Gasteiger partial charge in [0.15, 0.2) is 23.9 Å². The molecule has 0 fully saturated rings. The van der Waals surface area contributed by atoms with E-state index in [1.807, 2.05) is 0 Å². The van der Waals surface area contributed by atoms with Crippen molar-refractivity contribution in [1.82, 2.24) is 19.6 Å². The number of aromatic nitrogens is 4. The smallest absolute Gasteiger partial charge is 0.358 e. The molecule has 0 saturated heterocycles. The summed E-state index contributed by atoms with van der Waals surface area (Å²) in [5, 5.41) is 21.5. The Morgan fingerprint density at radius 1 is 1.28 bits per heavy atom. The predicted octanol–water partition coefficient (Wildman–Crippen LogP) is 1.60. The van der Waals surface area contributed by atoms with E-state index in [1.165, 1.54) is 60.2 Å². The second-order valence-corrected chi connectivity index (χ2v) is 5.71. The molecular weight excluding hydrogens is 384 g/mol. The molecule has 0 aliphatic heterocycles. The molecule has 2 heterocycles. The molecule has 0 unspecified atom stereocenters. The number of nitro groups is 1. The number of hydrogen-bond donors (Lipinski definition) is 1. The van der Waals surface area contributed by atoms with E-state index in [0.717, 1.165) is 0 Å². The van der Waals surface area contributed by atoms with Gasteiger partial charge in [-0.25, -0.2) is 9.48 Å². The molecule has 0 aliphatic carbocycles. The van der Waals surface area contributed by atoms with Crippen molar-refractivity contribution in [2.75, 3.05) is 12.4 Å². The number of carbonyl (C=O) groups excluding carboxylic acids is 2. The minimum absolute atomic E-state index is 0.0517. The highest BCUT2D eigenvalue weighted by Crippen LogP contribution is 2.26. The summed E-state index contributed by atoms with van der Waals surface area (Å²) < 4.78 is 12.7. The van der Waals surface area contributed by atoms with E-state index in [4.69, 9.17) is 4.74 Å². The van der Waals surface area contributed by atoms with Crippen LogP contribution in [0.25, 0.3) is 0 Å². The molecule has 1 amide bonds. The van der Waals surface area contributed by atoms with Crippen molar-refractivity contribution in [2.45, 2.75) is 6.73 Å². The fourth-order valence-electron chi connectivity index (χ4n) is 2.47. The maximum Gasteiger partial charge on any atom is 0.358 e. The van der Waals surface area contributed by atoms with Crippen molar-refractivity contribution in [3.05, 3.63) is 64.2 Å². The van der Waals surface area contributed by atoms with Crippen molar-refractivity contribution < 1.29 is 24.0 Å². The third kappa shape index (κ3) is 4.21. The molecule has 0 bridgehead atoms. The van der Waals surface area contributed by atoms with E-state index in [1.54, 1.807) is 6.07 Å². The van der Waals surface area contributed by atoms with Gasteiger partial charge in [0.05, 0.1) is 23.9 Å². The number of amides is 1. The average molecular weight is 400 g/mol. The molecule has 2 aromatic heterocycles. The van der Waals surface area contributed by atoms with Crippen LogP contribution in [0.1, 0.15) is 21.0 Å². The number of nitro benzene ring substituents is 1. The summed E-state index contributed by atoms with van der Waals surface area (Å²) in [6.45, 7) is -0.140. The molecule has 0 saturated carbocycles. The van der Waals surface area contributed by atoms with Gasteiger partial charge in [-0.1, -0.05) is 12.1 Å². The first-order chi connectivity index (χ1) is 13.9. The number of nitrogens with zero attached hydrogens (tertiary/aromatic N) is 5. The van der Waals surface area contributed by atoms with Gasteiger partial charge in [0, 0.05) is 19.3 Å². The molecule has 0 spiro atoms. The van der Waals surface area contributed by atoms with Crippen molar-refractivity contribution >= 4 is 23.3 Å². The Morgan fingerprint density at radius 3 is 2.76 bits per heavy atom. The molecular formula is C17H16N6O6. The Balaban J connectivity index is 1.69. The molecule has 150 valence electrons. The lowest BCUT2D eigenvalue weighted by Crippen LogP contribution is -2.17. The van der Waals surface area contributed by atoms with E-state index in [0.29, 0.717) is 0 Å². The highest BCUT2D eigenvalue weighted by atomic mass is 16.6. The maximum absolute atomic E-state index is 12.4. The Labute approximate surface area is 163 Å². The van der Waals surface area contributed by atoms with Crippen LogP contribution in [-0.4, -0.2) is 43.5 Å². The van der Waals surface area contributed by atoms with Crippen LogP contribution in [0.2, 0.25) is 0 Å². The molecule has 12 nitrogen and oxygen atoms in total. The first-order valence-electron chi connectivity index (χ1n) is 8.22. The summed E-state index contributed by atoms with van der Waals surface area (Å²) in [6.07, 6.45) is 2.80. The summed E-state index contributed by atoms with van der Waals surface area (Å²) in [5.41, 5.74) is 0.135. The minimum atomic E-state index is -0.649. The first-order valence-corrected chi connectivity index (χ1v) is 8.22. The summed E-state index contributed by atoms with van der Waals surface area (Å²) in [4.78, 5) is 34.7. The van der Waals surface area contributed by atoms with Gasteiger partial charge in [0.25, 0.3) is 5.91 Å². The lowest BCUT2D eigenvalue weighted by atomic mass is 10.3. The van der Waals surface area contributed by atoms with Gasteiger partial charge in [-0.3, -0.25) is 19.6 Å². The largest absolute Gasteiger partial charge is 0.464 e. The summed E-state index contributed by atoms with van der Waals surface area (Å²) in [6, 6.07) is 7.36. The second-order valence-electron chi connectivity index (χ2n) is 5.71. The van der Waals surface area contributed by atoms with E-state index in [2.05, 4.69) is 20.3 Å². The molecule has 3 rings (SSSR count). The van der Waals surface area contributed by atoms with Gasteiger partial charge in [-0.2, -0.15) is 10.2 Å². The van der Waals surface area contributed by atoms with Gasteiger partial charge >= 0.3 is 11.7 Å².